The molecule has 0 aliphatic carbocycles. The molecule has 0 aromatic carbocycles. The zero-order chi connectivity index (χ0) is 13.7. The van der Waals surface area contributed by atoms with Crippen molar-refractivity contribution in [3.8, 4) is 0 Å². The van der Waals surface area contributed by atoms with Gasteiger partial charge in [-0.05, 0) is 12.5 Å². The molecule has 0 spiro atoms. The van der Waals surface area contributed by atoms with Gasteiger partial charge in [-0.25, -0.2) is 4.98 Å². The van der Waals surface area contributed by atoms with E-state index in [4.69, 9.17) is 28.3 Å². The smallest absolute Gasteiger partial charge is 0.305 e. The maximum Gasteiger partial charge on any atom is 0.305 e. The second-order valence-corrected chi connectivity index (χ2v) is 4.46. The van der Waals surface area contributed by atoms with Crippen molar-refractivity contribution in [2.24, 2.45) is 0 Å². The molecule has 0 radical (unpaired) electrons. The van der Waals surface area contributed by atoms with Gasteiger partial charge >= 0.3 is 5.97 Å². The summed E-state index contributed by atoms with van der Waals surface area (Å²) in [6.45, 7) is 1.79. The Morgan fingerprint density at radius 1 is 1.50 bits per heavy atom. The van der Waals surface area contributed by atoms with Crippen LogP contribution in [0.15, 0.2) is 12.3 Å². The lowest BCUT2D eigenvalue weighted by Gasteiger charge is -2.15. The number of rotatable bonds is 5. The van der Waals surface area contributed by atoms with E-state index < -0.39 is 17.9 Å². The van der Waals surface area contributed by atoms with E-state index in [9.17, 15) is 9.59 Å². The van der Waals surface area contributed by atoms with Crippen molar-refractivity contribution in [1.29, 1.82) is 0 Å². The fourth-order valence-electron chi connectivity index (χ4n) is 1.36. The summed E-state index contributed by atoms with van der Waals surface area (Å²) in [5.41, 5.74) is 0.181. The SMILES string of the molecule is CCC(CC(=O)O)NC(=O)c1cc(Cl)ncc1Cl. The Kier molecular flexibility index (Phi) is 5.37. The first kappa shape index (κ1) is 14.7. The number of nitrogens with zero attached hydrogens (tertiary/aromatic N) is 1. The normalized spacial score (nSPS) is 11.9. The first-order valence-electron chi connectivity index (χ1n) is 5.27. The van der Waals surface area contributed by atoms with Crippen LogP contribution < -0.4 is 5.32 Å². The fraction of sp³-hybridized carbons (Fsp3) is 0.364. The summed E-state index contributed by atoms with van der Waals surface area (Å²) in [7, 11) is 0. The van der Waals surface area contributed by atoms with Gasteiger partial charge in [-0.2, -0.15) is 0 Å². The monoisotopic (exact) mass is 290 g/mol. The van der Waals surface area contributed by atoms with E-state index in [0.717, 1.165) is 0 Å². The number of aromatic nitrogens is 1. The van der Waals surface area contributed by atoms with Crippen LogP contribution in [-0.4, -0.2) is 28.0 Å². The van der Waals surface area contributed by atoms with Gasteiger partial charge in [-0.15, -0.1) is 0 Å². The summed E-state index contributed by atoms with van der Waals surface area (Å²) in [6.07, 6.45) is 1.64. The second-order valence-electron chi connectivity index (χ2n) is 3.66. The lowest BCUT2D eigenvalue weighted by molar-refractivity contribution is -0.137. The average Bonchev–Trinajstić information content (AvgIpc) is 2.30. The molecule has 0 saturated carbocycles. The number of amides is 1. The number of carbonyl (C=O) groups is 2. The number of carbonyl (C=O) groups excluding carboxylic acids is 1. The Hall–Kier alpha value is -1.33. The number of aliphatic carboxylic acids is 1. The van der Waals surface area contributed by atoms with Gasteiger partial charge in [0.1, 0.15) is 5.15 Å². The first-order valence-corrected chi connectivity index (χ1v) is 6.03. The topological polar surface area (TPSA) is 79.3 Å². The molecule has 1 aromatic rings. The Bertz CT molecular complexity index is 466. The van der Waals surface area contributed by atoms with Crippen LogP contribution in [0.1, 0.15) is 30.1 Å². The molecule has 1 unspecified atom stereocenters. The first-order chi connectivity index (χ1) is 8.43. The van der Waals surface area contributed by atoms with Crippen molar-refractivity contribution in [3.63, 3.8) is 0 Å². The summed E-state index contributed by atoms with van der Waals surface area (Å²) < 4.78 is 0. The third-order valence-electron chi connectivity index (χ3n) is 2.32. The zero-order valence-electron chi connectivity index (χ0n) is 9.61. The lowest BCUT2D eigenvalue weighted by atomic mass is 10.1. The highest BCUT2D eigenvalue weighted by Crippen LogP contribution is 2.18. The molecule has 0 aliphatic rings. The third kappa shape index (κ3) is 4.16. The molecule has 1 amide bonds. The number of hydrogen-bond donors (Lipinski definition) is 2. The second kappa shape index (κ2) is 6.56. The highest BCUT2D eigenvalue weighted by atomic mass is 35.5. The molecule has 1 atom stereocenters. The van der Waals surface area contributed by atoms with Crippen LogP contribution in [0.25, 0.3) is 0 Å². The van der Waals surface area contributed by atoms with Gasteiger partial charge in [0, 0.05) is 12.2 Å². The zero-order valence-corrected chi connectivity index (χ0v) is 11.1. The molecule has 0 aliphatic heterocycles. The van der Waals surface area contributed by atoms with Crippen LogP contribution >= 0.6 is 23.2 Å². The van der Waals surface area contributed by atoms with Crippen LogP contribution in [-0.2, 0) is 4.79 Å². The highest BCUT2D eigenvalue weighted by molar-refractivity contribution is 6.35. The molecule has 1 heterocycles. The van der Waals surface area contributed by atoms with Gasteiger partial charge in [0.2, 0.25) is 0 Å². The molecule has 7 heteroatoms. The Morgan fingerprint density at radius 2 is 2.17 bits per heavy atom. The van der Waals surface area contributed by atoms with Gasteiger partial charge < -0.3 is 10.4 Å². The molecule has 18 heavy (non-hydrogen) atoms. The summed E-state index contributed by atoms with van der Waals surface area (Å²) in [5, 5.41) is 11.6. The maximum absolute atomic E-state index is 11.9. The van der Waals surface area contributed by atoms with Gasteiger partial charge in [0.25, 0.3) is 5.91 Å². The fourth-order valence-corrected chi connectivity index (χ4v) is 1.71. The van der Waals surface area contributed by atoms with Crippen LogP contribution in [0, 0.1) is 0 Å². The summed E-state index contributed by atoms with van der Waals surface area (Å²) in [5.74, 6) is -1.43. The van der Waals surface area contributed by atoms with Gasteiger partial charge in [-0.1, -0.05) is 30.1 Å². The van der Waals surface area contributed by atoms with Gasteiger partial charge in [0.15, 0.2) is 0 Å². The van der Waals surface area contributed by atoms with Crippen molar-refractivity contribution in [2.45, 2.75) is 25.8 Å². The van der Waals surface area contributed by atoms with E-state index in [0.29, 0.717) is 6.42 Å². The molecule has 0 bridgehead atoms. The van der Waals surface area contributed by atoms with Crippen LogP contribution in [0.5, 0.6) is 0 Å². The predicted octanol–water partition coefficient (Wildman–Crippen LogP) is 2.37. The summed E-state index contributed by atoms with van der Waals surface area (Å²) in [4.78, 5) is 26.2. The molecule has 2 N–H and O–H groups in total. The lowest BCUT2D eigenvalue weighted by Crippen LogP contribution is -2.36. The molecule has 98 valence electrons. The van der Waals surface area contributed by atoms with E-state index in [1.165, 1.54) is 12.3 Å². The minimum absolute atomic E-state index is 0.140. The minimum atomic E-state index is -0.971. The van der Waals surface area contributed by atoms with Crippen LogP contribution in [0.2, 0.25) is 10.2 Å². The average molecular weight is 291 g/mol. The van der Waals surface area contributed by atoms with Gasteiger partial charge in [-0.3, -0.25) is 9.59 Å². The van der Waals surface area contributed by atoms with E-state index in [2.05, 4.69) is 10.3 Å². The molecule has 0 saturated heterocycles. The van der Waals surface area contributed by atoms with E-state index in [1.807, 2.05) is 0 Å². The molecule has 0 fully saturated rings. The van der Waals surface area contributed by atoms with Crippen LogP contribution in [0.4, 0.5) is 0 Å². The Morgan fingerprint density at radius 3 is 2.72 bits per heavy atom. The van der Waals surface area contributed by atoms with E-state index >= 15 is 0 Å². The number of halogens is 2. The Labute approximate surface area is 114 Å². The molecule has 1 rings (SSSR count). The number of carboxylic acids is 1. The largest absolute Gasteiger partial charge is 0.481 e. The third-order valence-corrected chi connectivity index (χ3v) is 2.82. The molecular formula is C11H12Cl2N2O3. The van der Waals surface area contributed by atoms with E-state index in [1.54, 1.807) is 6.92 Å². The number of carboxylic acid groups (broad SMARTS) is 1. The number of pyridine rings is 1. The molecular weight excluding hydrogens is 279 g/mol. The van der Waals surface area contributed by atoms with Crippen molar-refractivity contribution < 1.29 is 14.7 Å². The minimum Gasteiger partial charge on any atom is -0.481 e. The van der Waals surface area contributed by atoms with Crippen molar-refractivity contribution in [1.82, 2.24) is 10.3 Å². The van der Waals surface area contributed by atoms with Gasteiger partial charge in [0.05, 0.1) is 17.0 Å². The van der Waals surface area contributed by atoms with E-state index in [-0.39, 0.29) is 22.2 Å². The van der Waals surface area contributed by atoms with Crippen molar-refractivity contribution in [3.05, 3.63) is 28.0 Å². The molecule has 1 aromatic heterocycles. The predicted molar refractivity (Wildman–Crippen MR) is 68.1 cm³/mol. The summed E-state index contributed by atoms with van der Waals surface area (Å²) >= 11 is 11.5. The van der Waals surface area contributed by atoms with Crippen molar-refractivity contribution >= 4 is 35.1 Å². The quantitative estimate of drug-likeness (QED) is 0.816. The highest BCUT2D eigenvalue weighted by Gasteiger charge is 2.17. The number of hydrogen-bond acceptors (Lipinski definition) is 3. The maximum atomic E-state index is 11.9. The van der Waals surface area contributed by atoms with Crippen LogP contribution in [0.3, 0.4) is 0 Å². The standard InChI is InChI=1S/C11H12Cl2N2O3/c1-2-6(3-10(16)17)15-11(18)7-4-9(13)14-5-8(7)12/h4-6H,2-3H2,1H3,(H,15,18)(H,16,17). The van der Waals surface area contributed by atoms with Crippen molar-refractivity contribution in [2.75, 3.05) is 0 Å². The summed E-state index contributed by atoms with van der Waals surface area (Å²) in [6, 6.07) is 0.894. The number of nitrogens with one attached hydrogen (secondary N) is 1. The Balaban J connectivity index is 2.80. The molecule has 5 nitrogen and oxygen atoms in total.